The van der Waals surface area contributed by atoms with Crippen molar-refractivity contribution in [2.24, 2.45) is 0 Å². The van der Waals surface area contributed by atoms with E-state index in [2.05, 4.69) is 51.9 Å². The molecule has 0 aliphatic carbocycles. The summed E-state index contributed by atoms with van der Waals surface area (Å²) in [6.45, 7) is 2.65. The van der Waals surface area contributed by atoms with E-state index in [4.69, 9.17) is 0 Å². The number of aryl methyl sites for hydroxylation is 1. The van der Waals surface area contributed by atoms with Crippen molar-refractivity contribution in [2.45, 2.75) is 32.9 Å². The highest BCUT2D eigenvalue weighted by Crippen LogP contribution is 2.24. The average molecular weight is 460 g/mol. The molecule has 2 heterocycles. The van der Waals surface area contributed by atoms with Gasteiger partial charge in [0.25, 0.3) is 0 Å². The Morgan fingerprint density at radius 2 is 1.88 bits per heavy atom. The molecule has 8 heteroatoms. The molecule has 0 saturated heterocycles. The Balaban J connectivity index is 1.28. The lowest BCUT2D eigenvalue weighted by molar-refractivity contribution is -0.120. The number of thiazole rings is 1. The van der Waals surface area contributed by atoms with E-state index in [0.29, 0.717) is 12.2 Å². The maximum atomic E-state index is 12.4. The number of rotatable bonds is 9. The third-order valence-electron chi connectivity index (χ3n) is 5.07. The molecule has 0 spiro atoms. The van der Waals surface area contributed by atoms with Crippen molar-refractivity contribution >= 4 is 28.8 Å². The lowest BCUT2D eigenvalue weighted by Crippen LogP contribution is -2.24. The smallest absolute Gasteiger partial charge is 0.246 e. The molecule has 2 amide bonds. The Kier molecular flexibility index (Phi) is 7.26. The minimum absolute atomic E-state index is 0.0960. The monoisotopic (exact) mass is 459 g/mol. The summed E-state index contributed by atoms with van der Waals surface area (Å²) in [7, 11) is 0. The first-order chi connectivity index (χ1) is 16.1. The Bertz CT molecular complexity index is 1220. The summed E-state index contributed by atoms with van der Waals surface area (Å²) in [5, 5.41) is 12.7. The molecule has 0 atom stereocenters. The molecule has 0 unspecified atom stereocenters. The van der Waals surface area contributed by atoms with Crippen LogP contribution in [-0.4, -0.2) is 26.6 Å². The summed E-state index contributed by atoms with van der Waals surface area (Å²) in [6.07, 6.45) is 4.60. The second kappa shape index (κ2) is 10.7. The van der Waals surface area contributed by atoms with Gasteiger partial charge in [-0.2, -0.15) is 5.10 Å². The minimum atomic E-state index is -0.163. The molecule has 0 saturated carbocycles. The van der Waals surface area contributed by atoms with Gasteiger partial charge in [-0.25, -0.2) is 4.98 Å². The van der Waals surface area contributed by atoms with Crippen LogP contribution in [0.25, 0.3) is 10.6 Å². The highest BCUT2D eigenvalue weighted by Gasteiger charge is 2.10. The fourth-order valence-electron chi connectivity index (χ4n) is 3.33. The number of benzene rings is 2. The highest BCUT2D eigenvalue weighted by atomic mass is 32.1. The number of amides is 2. The molecule has 168 valence electrons. The molecular weight excluding hydrogens is 434 g/mol. The van der Waals surface area contributed by atoms with E-state index in [1.54, 1.807) is 34.5 Å². The minimum Gasteiger partial charge on any atom is -0.352 e. The number of aromatic nitrogens is 3. The third-order valence-corrected chi connectivity index (χ3v) is 6.01. The second-order valence-electron chi connectivity index (χ2n) is 7.60. The summed E-state index contributed by atoms with van der Waals surface area (Å²) in [6, 6.07) is 17.6. The third kappa shape index (κ3) is 6.36. The van der Waals surface area contributed by atoms with Crippen LogP contribution in [0.4, 0.5) is 5.69 Å². The fourth-order valence-corrected chi connectivity index (χ4v) is 4.16. The van der Waals surface area contributed by atoms with Gasteiger partial charge in [0, 0.05) is 35.6 Å². The van der Waals surface area contributed by atoms with Crippen LogP contribution in [0.15, 0.2) is 72.4 Å². The standard InChI is InChI=1S/C25H25N5O2S/c1-2-18-7-9-20(10-8-18)25-29-22(17-33-25)14-23(31)26-15-19-5-3-6-21(13-19)28-24(32)16-30-12-4-11-27-30/h3-13,17H,2,14-16H2,1H3,(H,26,31)(H,28,32). The van der Waals surface area contributed by atoms with Gasteiger partial charge in [0.15, 0.2) is 0 Å². The summed E-state index contributed by atoms with van der Waals surface area (Å²) >= 11 is 1.54. The van der Waals surface area contributed by atoms with E-state index in [9.17, 15) is 9.59 Å². The first-order valence-corrected chi connectivity index (χ1v) is 11.6. The van der Waals surface area contributed by atoms with Gasteiger partial charge in [0.2, 0.25) is 11.8 Å². The SMILES string of the molecule is CCc1ccc(-c2nc(CC(=O)NCc3cccc(NC(=O)Cn4cccn4)c3)cs2)cc1. The zero-order chi connectivity index (χ0) is 23.0. The van der Waals surface area contributed by atoms with Gasteiger partial charge in [0.1, 0.15) is 11.6 Å². The van der Waals surface area contributed by atoms with E-state index < -0.39 is 0 Å². The van der Waals surface area contributed by atoms with Gasteiger partial charge >= 0.3 is 0 Å². The number of carbonyl (C=O) groups is 2. The quantitative estimate of drug-likeness (QED) is 0.395. The fraction of sp³-hybridized carbons (Fsp3) is 0.200. The Morgan fingerprint density at radius 3 is 2.64 bits per heavy atom. The number of nitrogens with zero attached hydrogens (tertiary/aromatic N) is 3. The predicted molar refractivity (Wildman–Crippen MR) is 130 cm³/mol. The van der Waals surface area contributed by atoms with Crippen molar-refractivity contribution in [2.75, 3.05) is 5.32 Å². The largest absolute Gasteiger partial charge is 0.352 e. The lowest BCUT2D eigenvalue weighted by Gasteiger charge is -2.09. The van der Waals surface area contributed by atoms with E-state index in [1.165, 1.54) is 5.56 Å². The summed E-state index contributed by atoms with van der Waals surface area (Å²) in [4.78, 5) is 29.2. The Morgan fingerprint density at radius 1 is 1.03 bits per heavy atom. The molecule has 2 aromatic heterocycles. The van der Waals surface area contributed by atoms with E-state index in [0.717, 1.165) is 28.2 Å². The highest BCUT2D eigenvalue weighted by molar-refractivity contribution is 7.13. The maximum Gasteiger partial charge on any atom is 0.246 e. The van der Waals surface area contributed by atoms with Crippen molar-refractivity contribution in [1.29, 1.82) is 0 Å². The normalized spacial score (nSPS) is 10.7. The summed E-state index contributed by atoms with van der Waals surface area (Å²) < 4.78 is 1.56. The Labute approximate surface area is 196 Å². The molecule has 33 heavy (non-hydrogen) atoms. The molecule has 7 nitrogen and oxygen atoms in total. The predicted octanol–water partition coefficient (Wildman–Crippen LogP) is 4.07. The van der Waals surface area contributed by atoms with Crippen LogP contribution >= 0.6 is 11.3 Å². The maximum absolute atomic E-state index is 12.4. The van der Waals surface area contributed by atoms with Crippen molar-refractivity contribution in [1.82, 2.24) is 20.1 Å². The van der Waals surface area contributed by atoms with Crippen LogP contribution in [0.3, 0.4) is 0 Å². The molecule has 0 aliphatic heterocycles. The van der Waals surface area contributed by atoms with Gasteiger partial charge in [0.05, 0.1) is 12.1 Å². The number of carbonyl (C=O) groups excluding carboxylic acids is 2. The summed E-state index contributed by atoms with van der Waals surface area (Å²) in [5.41, 5.74) is 4.69. The van der Waals surface area contributed by atoms with E-state index in [1.807, 2.05) is 29.6 Å². The van der Waals surface area contributed by atoms with Crippen molar-refractivity contribution in [3.05, 3.63) is 89.2 Å². The number of nitrogens with one attached hydrogen (secondary N) is 2. The second-order valence-corrected chi connectivity index (χ2v) is 8.46. The lowest BCUT2D eigenvalue weighted by atomic mass is 10.1. The van der Waals surface area contributed by atoms with Crippen LogP contribution in [-0.2, 0) is 35.5 Å². The molecule has 0 radical (unpaired) electrons. The zero-order valence-corrected chi connectivity index (χ0v) is 19.1. The molecular formula is C25H25N5O2S. The Hall–Kier alpha value is -3.78. The zero-order valence-electron chi connectivity index (χ0n) is 18.3. The van der Waals surface area contributed by atoms with Crippen LogP contribution in [0.2, 0.25) is 0 Å². The van der Waals surface area contributed by atoms with E-state index in [-0.39, 0.29) is 24.8 Å². The number of hydrogen-bond acceptors (Lipinski definition) is 5. The first kappa shape index (κ1) is 22.4. The van der Waals surface area contributed by atoms with E-state index >= 15 is 0 Å². The number of anilines is 1. The molecule has 0 fully saturated rings. The van der Waals surface area contributed by atoms with Gasteiger partial charge in [-0.05, 0) is 35.7 Å². The molecule has 0 aliphatic rings. The van der Waals surface area contributed by atoms with Gasteiger partial charge in [-0.1, -0.05) is 43.3 Å². The molecule has 2 aromatic carbocycles. The molecule has 4 rings (SSSR count). The summed E-state index contributed by atoms with van der Waals surface area (Å²) in [5.74, 6) is -0.259. The van der Waals surface area contributed by atoms with Crippen molar-refractivity contribution in [3.63, 3.8) is 0 Å². The van der Waals surface area contributed by atoms with Crippen LogP contribution in [0.1, 0.15) is 23.7 Å². The van der Waals surface area contributed by atoms with Crippen LogP contribution in [0, 0.1) is 0 Å². The van der Waals surface area contributed by atoms with Crippen molar-refractivity contribution < 1.29 is 9.59 Å². The van der Waals surface area contributed by atoms with Crippen LogP contribution < -0.4 is 10.6 Å². The number of hydrogen-bond donors (Lipinski definition) is 2. The van der Waals surface area contributed by atoms with Gasteiger partial charge in [-0.3, -0.25) is 14.3 Å². The molecule has 2 N–H and O–H groups in total. The first-order valence-electron chi connectivity index (χ1n) is 10.8. The topological polar surface area (TPSA) is 88.9 Å². The average Bonchev–Trinajstić information content (AvgIpc) is 3.50. The van der Waals surface area contributed by atoms with Crippen LogP contribution in [0.5, 0.6) is 0 Å². The molecule has 0 bridgehead atoms. The van der Waals surface area contributed by atoms with Gasteiger partial charge < -0.3 is 10.6 Å². The van der Waals surface area contributed by atoms with Crippen molar-refractivity contribution in [3.8, 4) is 10.6 Å². The van der Waals surface area contributed by atoms with Gasteiger partial charge in [-0.15, -0.1) is 11.3 Å². The molecule has 4 aromatic rings.